The predicted molar refractivity (Wildman–Crippen MR) is 80.4 cm³/mol. The molecule has 4 nitrogen and oxygen atoms in total. The summed E-state index contributed by atoms with van der Waals surface area (Å²) in [5.41, 5.74) is 2.30. The molecule has 0 bridgehead atoms. The highest BCUT2D eigenvalue weighted by molar-refractivity contribution is 5.79. The zero-order valence-corrected chi connectivity index (χ0v) is 13.1. The molecular weight excluding hydrogens is 250 g/mol. The van der Waals surface area contributed by atoms with Crippen LogP contribution in [0.25, 0.3) is 0 Å². The van der Waals surface area contributed by atoms with Gasteiger partial charge in [-0.15, -0.1) is 0 Å². The summed E-state index contributed by atoms with van der Waals surface area (Å²) in [6.07, 6.45) is 4.42. The summed E-state index contributed by atoms with van der Waals surface area (Å²) < 4.78 is 0. The number of carbonyl (C=O) groups excluding carboxylic acids is 1. The van der Waals surface area contributed by atoms with Gasteiger partial charge in [0.2, 0.25) is 5.91 Å². The van der Waals surface area contributed by atoms with Crippen molar-refractivity contribution in [3.8, 4) is 0 Å². The molecule has 112 valence electrons. The van der Waals surface area contributed by atoms with Crippen LogP contribution in [0.2, 0.25) is 0 Å². The molecule has 1 aromatic rings. The Kier molecular flexibility index (Phi) is 4.84. The molecule has 0 spiro atoms. The maximum Gasteiger partial charge on any atom is 0.226 e. The first-order valence-corrected chi connectivity index (χ1v) is 7.77. The van der Waals surface area contributed by atoms with E-state index in [1.165, 1.54) is 0 Å². The number of hydrogen-bond acceptors (Lipinski definition) is 2. The standard InChI is InChI=1S/C16H27N3O/c1-11(2)8-19(9-12(3)4)16(20)13-5-6-14-15(7-13)18-10-17-14/h10-13H,5-9H2,1-4H3,(H,17,18). The van der Waals surface area contributed by atoms with Crippen LogP contribution < -0.4 is 0 Å². The first-order chi connectivity index (χ1) is 9.47. The Labute approximate surface area is 122 Å². The van der Waals surface area contributed by atoms with Gasteiger partial charge in [0.1, 0.15) is 0 Å². The molecule has 0 saturated heterocycles. The molecule has 1 amide bonds. The van der Waals surface area contributed by atoms with Crippen molar-refractivity contribution >= 4 is 5.91 Å². The summed E-state index contributed by atoms with van der Waals surface area (Å²) in [5.74, 6) is 1.49. The van der Waals surface area contributed by atoms with Gasteiger partial charge in [0.05, 0.1) is 12.0 Å². The fraction of sp³-hybridized carbons (Fsp3) is 0.750. The van der Waals surface area contributed by atoms with Crippen LogP contribution in [-0.4, -0.2) is 33.9 Å². The summed E-state index contributed by atoms with van der Waals surface area (Å²) in [6.45, 7) is 10.4. The van der Waals surface area contributed by atoms with Crippen LogP contribution in [0.5, 0.6) is 0 Å². The fourth-order valence-electron chi connectivity index (χ4n) is 3.01. The summed E-state index contributed by atoms with van der Waals surface area (Å²) >= 11 is 0. The largest absolute Gasteiger partial charge is 0.348 e. The molecule has 4 heteroatoms. The third-order valence-electron chi connectivity index (χ3n) is 3.82. The molecule has 1 aliphatic carbocycles. The maximum atomic E-state index is 12.8. The SMILES string of the molecule is CC(C)CN(CC(C)C)C(=O)C1CCc2nc[nH]c2C1. The Morgan fingerprint density at radius 2 is 2.00 bits per heavy atom. The van der Waals surface area contributed by atoms with E-state index in [2.05, 4.69) is 42.6 Å². The van der Waals surface area contributed by atoms with E-state index in [4.69, 9.17) is 0 Å². The van der Waals surface area contributed by atoms with Gasteiger partial charge < -0.3 is 9.88 Å². The predicted octanol–water partition coefficient (Wildman–Crippen LogP) is 2.66. The Hall–Kier alpha value is -1.32. The minimum Gasteiger partial charge on any atom is -0.348 e. The van der Waals surface area contributed by atoms with Gasteiger partial charge in [-0.3, -0.25) is 4.79 Å². The lowest BCUT2D eigenvalue weighted by atomic mass is 9.88. The first kappa shape index (κ1) is 15.1. The molecule has 1 atom stereocenters. The third kappa shape index (κ3) is 3.62. The van der Waals surface area contributed by atoms with Gasteiger partial charge in [0.15, 0.2) is 0 Å². The molecule has 0 aromatic carbocycles. The summed E-state index contributed by atoms with van der Waals surface area (Å²) in [7, 11) is 0. The normalized spacial score (nSPS) is 18.4. The lowest BCUT2D eigenvalue weighted by Gasteiger charge is -2.31. The van der Waals surface area contributed by atoms with Crippen LogP contribution in [-0.2, 0) is 17.6 Å². The van der Waals surface area contributed by atoms with Crippen LogP contribution >= 0.6 is 0 Å². The van der Waals surface area contributed by atoms with E-state index in [1.54, 1.807) is 6.33 Å². The molecule has 1 heterocycles. The molecule has 0 aliphatic heterocycles. The van der Waals surface area contributed by atoms with Crippen molar-refractivity contribution in [2.24, 2.45) is 17.8 Å². The number of rotatable bonds is 5. The zero-order chi connectivity index (χ0) is 14.7. The second kappa shape index (κ2) is 6.42. The number of aromatic amines is 1. The number of aromatic nitrogens is 2. The minimum absolute atomic E-state index is 0.125. The molecule has 0 fully saturated rings. The summed E-state index contributed by atoms with van der Waals surface area (Å²) in [4.78, 5) is 22.4. The summed E-state index contributed by atoms with van der Waals surface area (Å²) in [6, 6.07) is 0. The number of nitrogens with one attached hydrogen (secondary N) is 1. The smallest absolute Gasteiger partial charge is 0.226 e. The number of aryl methyl sites for hydroxylation is 1. The number of hydrogen-bond donors (Lipinski definition) is 1. The van der Waals surface area contributed by atoms with Crippen molar-refractivity contribution in [2.75, 3.05) is 13.1 Å². The second-order valence-corrected chi connectivity index (χ2v) is 6.80. The molecule has 0 radical (unpaired) electrons. The van der Waals surface area contributed by atoms with Gasteiger partial charge in [-0.05, 0) is 24.7 Å². The van der Waals surface area contributed by atoms with Gasteiger partial charge in [-0.2, -0.15) is 0 Å². The molecule has 2 rings (SSSR count). The minimum atomic E-state index is 0.125. The molecule has 0 saturated carbocycles. The molecule has 1 aromatic heterocycles. The number of imidazole rings is 1. The van der Waals surface area contributed by atoms with E-state index in [0.717, 1.165) is 43.7 Å². The number of H-pyrrole nitrogens is 1. The van der Waals surface area contributed by atoms with Gasteiger partial charge in [-0.1, -0.05) is 27.7 Å². The van der Waals surface area contributed by atoms with Crippen molar-refractivity contribution in [1.29, 1.82) is 0 Å². The number of amides is 1. The number of carbonyl (C=O) groups is 1. The van der Waals surface area contributed by atoms with Crippen LogP contribution in [0.15, 0.2) is 6.33 Å². The molecule has 1 unspecified atom stereocenters. The second-order valence-electron chi connectivity index (χ2n) is 6.80. The van der Waals surface area contributed by atoms with E-state index in [0.29, 0.717) is 17.7 Å². The quantitative estimate of drug-likeness (QED) is 0.899. The van der Waals surface area contributed by atoms with E-state index in [9.17, 15) is 4.79 Å². The van der Waals surface area contributed by atoms with Crippen LogP contribution in [0.3, 0.4) is 0 Å². The number of nitrogens with zero attached hydrogens (tertiary/aromatic N) is 2. The molecule has 1 N–H and O–H groups in total. The van der Waals surface area contributed by atoms with Gasteiger partial charge in [0, 0.05) is 31.1 Å². The van der Waals surface area contributed by atoms with E-state index in [1.807, 2.05) is 0 Å². The number of fused-ring (bicyclic) bond motifs is 1. The molecular formula is C16H27N3O. The molecule has 1 aliphatic rings. The highest BCUT2D eigenvalue weighted by Crippen LogP contribution is 2.25. The average Bonchev–Trinajstić information content (AvgIpc) is 2.83. The lowest BCUT2D eigenvalue weighted by Crippen LogP contribution is -2.42. The van der Waals surface area contributed by atoms with E-state index in [-0.39, 0.29) is 5.92 Å². The Morgan fingerprint density at radius 3 is 2.60 bits per heavy atom. The van der Waals surface area contributed by atoms with Crippen molar-refractivity contribution in [1.82, 2.24) is 14.9 Å². The Bertz CT molecular complexity index is 440. The lowest BCUT2D eigenvalue weighted by molar-refractivity contribution is -0.137. The fourth-order valence-corrected chi connectivity index (χ4v) is 3.01. The van der Waals surface area contributed by atoms with E-state index >= 15 is 0 Å². The zero-order valence-electron chi connectivity index (χ0n) is 13.1. The maximum absolute atomic E-state index is 12.8. The van der Waals surface area contributed by atoms with Crippen molar-refractivity contribution < 1.29 is 4.79 Å². The Balaban J connectivity index is 2.04. The monoisotopic (exact) mass is 277 g/mol. The average molecular weight is 277 g/mol. The highest BCUT2D eigenvalue weighted by Gasteiger charge is 2.30. The van der Waals surface area contributed by atoms with Crippen molar-refractivity contribution in [2.45, 2.75) is 47.0 Å². The topological polar surface area (TPSA) is 49.0 Å². The van der Waals surface area contributed by atoms with Crippen molar-refractivity contribution in [3.05, 3.63) is 17.7 Å². The van der Waals surface area contributed by atoms with Crippen LogP contribution in [0, 0.1) is 17.8 Å². The first-order valence-electron chi connectivity index (χ1n) is 7.77. The van der Waals surface area contributed by atoms with Crippen LogP contribution in [0.1, 0.15) is 45.5 Å². The van der Waals surface area contributed by atoms with Gasteiger partial charge in [-0.25, -0.2) is 4.98 Å². The van der Waals surface area contributed by atoms with Crippen LogP contribution in [0.4, 0.5) is 0 Å². The highest BCUT2D eigenvalue weighted by atomic mass is 16.2. The molecule has 20 heavy (non-hydrogen) atoms. The van der Waals surface area contributed by atoms with Gasteiger partial charge >= 0.3 is 0 Å². The van der Waals surface area contributed by atoms with Gasteiger partial charge in [0.25, 0.3) is 0 Å². The third-order valence-corrected chi connectivity index (χ3v) is 3.82. The Morgan fingerprint density at radius 1 is 1.35 bits per heavy atom. The van der Waals surface area contributed by atoms with Crippen molar-refractivity contribution in [3.63, 3.8) is 0 Å². The van der Waals surface area contributed by atoms with E-state index < -0.39 is 0 Å². The summed E-state index contributed by atoms with van der Waals surface area (Å²) in [5, 5.41) is 0.